The Morgan fingerprint density at radius 1 is 0.905 bits per heavy atom. The molecule has 2 aromatic carbocycles. The molecular formula is C16H19NO3S. The van der Waals surface area contributed by atoms with Gasteiger partial charge in [-0.25, -0.2) is 0 Å². The van der Waals surface area contributed by atoms with Gasteiger partial charge in [0.1, 0.15) is 0 Å². The first-order valence-corrected chi connectivity index (χ1v) is 8.50. The molecule has 0 spiro atoms. The summed E-state index contributed by atoms with van der Waals surface area (Å²) in [6.45, 7) is 0. The summed E-state index contributed by atoms with van der Waals surface area (Å²) in [4.78, 5) is 0. The summed E-state index contributed by atoms with van der Waals surface area (Å²) >= 11 is 0. The van der Waals surface area contributed by atoms with Crippen LogP contribution in [0.5, 0.6) is 0 Å². The quantitative estimate of drug-likeness (QED) is 0.605. The van der Waals surface area contributed by atoms with Gasteiger partial charge in [0.05, 0.1) is 5.75 Å². The van der Waals surface area contributed by atoms with E-state index in [4.69, 9.17) is 4.55 Å². The predicted octanol–water partition coefficient (Wildman–Crippen LogP) is 3.64. The molecule has 0 fully saturated rings. The summed E-state index contributed by atoms with van der Waals surface area (Å²) in [7, 11) is -3.84. The van der Waals surface area contributed by atoms with Gasteiger partial charge in [-0.2, -0.15) is 8.42 Å². The Morgan fingerprint density at radius 3 is 2.33 bits per heavy atom. The van der Waals surface area contributed by atoms with Crippen molar-refractivity contribution in [3.63, 3.8) is 0 Å². The van der Waals surface area contributed by atoms with Crippen molar-refractivity contribution < 1.29 is 13.0 Å². The molecule has 0 aliphatic heterocycles. The topological polar surface area (TPSA) is 66.4 Å². The van der Waals surface area contributed by atoms with Crippen LogP contribution in [0.25, 0.3) is 0 Å². The largest absolute Gasteiger partial charge is 0.356 e. The monoisotopic (exact) mass is 305 g/mol. The molecule has 0 aromatic heterocycles. The number of para-hydroxylation sites is 1. The summed E-state index contributed by atoms with van der Waals surface area (Å²) in [5.74, 6) is -0.172. The molecule has 0 radical (unpaired) electrons. The molecule has 21 heavy (non-hydrogen) atoms. The van der Waals surface area contributed by atoms with Gasteiger partial charge in [-0.05, 0) is 49.1 Å². The predicted molar refractivity (Wildman–Crippen MR) is 85.5 cm³/mol. The van der Waals surface area contributed by atoms with E-state index < -0.39 is 10.1 Å². The Kier molecular flexibility index (Phi) is 5.36. The summed E-state index contributed by atoms with van der Waals surface area (Å²) < 4.78 is 30.0. The van der Waals surface area contributed by atoms with E-state index in [-0.39, 0.29) is 5.75 Å². The number of hydrogen-bond donors (Lipinski definition) is 2. The number of rotatable bonds is 7. The lowest BCUT2D eigenvalue weighted by molar-refractivity contribution is 0.480. The zero-order valence-corrected chi connectivity index (χ0v) is 12.5. The van der Waals surface area contributed by atoms with E-state index in [9.17, 15) is 8.42 Å². The lowest BCUT2D eigenvalue weighted by Gasteiger charge is -2.08. The summed E-state index contributed by atoms with van der Waals surface area (Å²) in [5.41, 5.74) is 3.18. The van der Waals surface area contributed by atoms with E-state index in [0.717, 1.165) is 29.8 Å². The van der Waals surface area contributed by atoms with Crippen molar-refractivity contribution in [1.29, 1.82) is 0 Å². The van der Waals surface area contributed by atoms with E-state index in [0.29, 0.717) is 6.42 Å². The van der Waals surface area contributed by atoms with Gasteiger partial charge in [0, 0.05) is 11.4 Å². The zero-order chi connectivity index (χ0) is 15.1. The number of anilines is 2. The molecule has 5 heteroatoms. The number of aryl methyl sites for hydroxylation is 1. The van der Waals surface area contributed by atoms with E-state index >= 15 is 0 Å². The first kappa shape index (κ1) is 15.5. The van der Waals surface area contributed by atoms with Crippen LogP contribution in [-0.4, -0.2) is 18.7 Å². The maximum atomic E-state index is 10.6. The molecule has 0 aliphatic carbocycles. The van der Waals surface area contributed by atoms with E-state index in [2.05, 4.69) is 11.4 Å². The molecule has 0 saturated carbocycles. The molecule has 0 atom stereocenters. The maximum absolute atomic E-state index is 10.6. The Morgan fingerprint density at radius 2 is 1.62 bits per heavy atom. The third-order valence-corrected chi connectivity index (χ3v) is 3.91. The van der Waals surface area contributed by atoms with Crippen LogP contribution in [0.2, 0.25) is 0 Å². The second kappa shape index (κ2) is 7.24. The van der Waals surface area contributed by atoms with Crippen LogP contribution in [0.4, 0.5) is 11.4 Å². The molecule has 0 unspecified atom stereocenters. The molecular weight excluding hydrogens is 286 g/mol. The molecule has 4 nitrogen and oxygen atoms in total. The highest BCUT2D eigenvalue weighted by Gasteiger charge is 2.04. The minimum Gasteiger partial charge on any atom is -0.356 e. The lowest BCUT2D eigenvalue weighted by Crippen LogP contribution is -2.04. The molecule has 0 amide bonds. The van der Waals surface area contributed by atoms with Crippen molar-refractivity contribution in [1.82, 2.24) is 0 Å². The van der Waals surface area contributed by atoms with Gasteiger partial charge >= 0.3 is 0 Å². The van der Waals surface area contributed by atoms with Crippen molar-refractivity contribution >= 4 is 21.5 Å². The fourth-order valence-electron chi connectivity index (χ4n) is 2.11. The summed E-state index contributed by atoms with van der Waals surface area (Å²) in [6.07, 6.45) is 1.99. The van der Waals surface area contributed by atoms with Crippen molar-refractivity contribution in [2.45, 2.75) is 19.3 Å². The van der Waals surface area contributed by atoms with E-state index in [1.807, 2.05) is 48.5 Å². The van der Waals surface area contributed by atoms with Crippen molar-refractivity contribution in [3.8, 4) is 0 Å². The lowest BCUT2D eigenvalue weighted by atomic mass is 10.1. The van der Waals surface area contributed by atoms with Gasteiger partial charge in [-0.1, -0.05) is 30.3 Å². The Labute approximate surface area is 125 Å². The Bertz CT molecular complexity index is 669. The van der Waals surface area contributed by atoms with Gasteiger partial charge in [0.2, 0.25) is 0 Å². The first-order valence-electron chi connectivity index (χ1n) is 6.89. The van der Waals surface area contributed by atoms with Crippen LogP contribution in [0.1, 0.15) is 18.4 Å². The van der Waals surface area contributed by atoms with E-state index in [1.165, 1.54) is 0 Å². The van der Waals surface area contributed by atoms with Gasteiger partial charge in [-0.15, -0.1) is 0 Å². The standard InChI is InChI=1S/C16H19NO3S/c18-21(19,20)12-5-4-7-14-8-6-11-16(13-14)17-15-9-2-1-3-10-15/h1-3,6,8-11,13,17H,4-5,7,12H2,(H,18,19,20). The van der Waals surface area contributed by atoms with Crippen LogP contribution in [0.15, 0.2) is 54.6 Å². The number of nitrogens with one attached hydrogen (secondary N) is 1. The van der Waals surface area contributed by atoms with Gasteiger partial charge in [0.25, 0.3) is 10.1 Å². The third kappa shape index (κ3) is 5.97. The number of benzene rings is 2. The SMILES string of the molecule is O=S(=O)(O)CCCCc1cccc(Nc2ccccc2)c1. The van der Waals surface area contributed by atoms with Crippen LogP contribution >= 0.6 is 0 Å². The number of unbranched alkanes of at least 4 members (excludes halogenated alkanes) is 1. The smallest absolute Gasteiger partial charge is 0.264 e. The van der Waals surface area contributed by atoms with Gasteiger partial charge in [-0.3, -0.25) is 4.55 Å². The van der Waals surface area contributed by atoms with Crippen LogP contribution in [0, 0.1) is 0 Å². The average molecular weight is 305 g/mol. The maximum Gasteiger partial charge on any atom is 0.264 e. The third-order valence-electron chi connectivity index (χ3n) is 3.11. The normalized spacial score (nSPS) is 11.3. The fraction of sp³-hybridized carbons (Fsp3) is 0.250. The highest BCUT2D eigenvalue weighted by Crippen LogP contribution is 2.18. The zero-order valence-electron chi connectivity index (χ0n) is 11.7. The van der Waals surface area contributed by atoms with Gasteiger partial charge in [0.15, 0.2) is 0 Å². The molecule has 0 aliphatic rings. The molecule has 0 saturated heterocycles. The van der Waals surface area contributed by atoms with Crippen LogP contribution < -0.4 is 5.32 Å². The highest BCUT2D eigenvalue weighted by atomic mass is 32.2. The second-order valence-corrected chi connectivity index (χ2v) is 6.51. The molecule has 2 N–H and O–H groups in total. The van der Waals surface area contributed by atoms with E-state index in [1.54, 1.807) is 0 Å². The summed E-state index contributed by atoms with van der Waals surface area (Å²) in [5, 5.41) is 3.32. The average Bonchev–Trinajstić information content (AvgIpc) is 2.44. The minimum absolute atomic E-state index is 0.172. The second-order valence-electron chi connectivity index (χ2n) is 4.93. The summed E-state index contributed by atoms with van der Waals surface area (Å²) in [6, 6.07) is 18.0. The van der Waals surface area contributed by atoms with Crippen LogP contribution in [0.3, 0.4) is 0 Å². The van der Waals surface area contributed by atoms with Crippen molar-refractivity contribution in [2.24, 2.45) is 0 Å². The molecule has 0 bridgehead atoms. The first-order chi connectivity index (χ1) is 10.0. The van der Waals surface area contributed by atoms with Crippen LogP contribution in [-0.2, 0) is 16.5 Å². The fourth-order valence-corrected chi connectivity index (χ4v) is 2.68. The minimum atomic E-state index is -3.84. The van der Waals surface area contributed by atoms with Gasteiger partial charge < -0.3 is 5.32 Å². The molecule has 112 valence electrons. The number of hydrogen-bond acceptors (Lipinski definition) is 3. The molecule has 2 aromatic rings. The molecule has 2 rings (SSSR count). The van der Waals surface area contributed by atoms with Crippen molar-refractivity contribution in [3.05, 3.63) is 60.2 Å². The van der Waals surface area contributed by atoms with Crippen molar-refractivity contribution in [2.75, 3.05) is 11.1 Å². The Hall–Kier alpha value is -1.85. The Balaban J connectivity index is 1.89. The molecule has 0 heterocycles. The highest BCUT2D eigenvalue weighted by molar-refractivity contribution is 7.85.